The van der Waals surface area contributed by atoms with Gasteiger partial charge in [-0.3, -0.25) is 4.79 Å². The zero-order valence-electron chi connectivity index (χ0n) is 14.8. The van der Waals surface area contributed by atoms with Gasteiger partial charge in [-0.1, -0.05) is 55.3 Å². The van der Waals surface area contributed by atoms with Crippen molar-refractivity contribution in [1.82, 2.24) is 9.99 Å². The summed E-state index contributed by atoms with van der Waals surface area (Å²) in [4.78, 5) is 12.2. The Balaban J connectivity index is 1.37. The van der Waals surface area contributed by atoms with E-state index in [0.29, 0.717) is 12.5 Å². The SMILES string of the molecule is O=C(Cc1cccc2ccccc12)N/N=C\c1ccn(C2CCCC2)c1. The van der Waals surface area contributed by atoms with Gasteiger partial charge in [0.05, 0.1) is 12.6 Å². The van der Waals surface area contributed by atoms with E-state index in [-0.39, 0.29) is 5.91 Å². The second-order valence-electron chi connectivity index (χ2n) is 6.94. The van der Waals surface area contributed by atoms with Crippen molar-refractivity contribution in [2.24, 2.45) is 5.10 Å². The van der Waals surface area contributed by atoms with Gasteiger partial charge in [0.25, 0.3) is 0 Å². The van der Waals surface area contributed by atoms with Gasteiger partial charge in [-0.05, 0) is 35.2 Å². The number of rotatable bonds is 5. The van der Waals surface area contributed by atoms with Crippen LogP contribution in [0.2, 0.25) is 0 Å². The molecule has 0 atom stereocenters. The average molecular weight is 345 g/mol. The monoisotopic (exact) mass is 345 g/mol. The van der Waals surface area contributed by atoms with Crippen LogP contribution in [-0.4, -0.2) is 16.7 Å². The number of hydrazone groups is 1. The number of hydrogen-bond donors (Lipinski definition) is 1. The van der Waals surface area contributed by atoms with Crippen LogP contribution in [0.1, 0.15) is 42.9 Å². The maximum atomic E-state index is 12.2. The number of benzene rings is 2. The summed E-state index contributed by atoms with van der Waals surface area (Å²) < 4.78 is 2.27. The number of aromatic nitrogens is 1. The van der Waals surface area contributed by atoms with Gasteiger partial charge in [0.1, 0.15) is 0 Å². The number of hydrogen-bond acceptors (Lipinski definition) is 2. The lowest BCUT2D eigenvalue weighted by Crippen LogP contribution is -2.19. The van der Waals surface area contributed by atoms with E-state index in [9.17, 15) is 4.79 Å². The van der Waals surface area contributed by atoms with Crippen molar-refractivity contribution < 1.29 is 4.79 Å². The molecule has 1 heterocycles. The molecule has 1 fully saturated rings. The topological polar surface area (TPSA) is 46.4 Å². The number of nitrogens with one attached hydrogen (secondary N) is 1. The number of amides is 1. The van der Waals surface area contributed by atoms with Crippen molar-refractivity contribution in [1.29, 1.82) is 0 Å². The fourth-order valence-corrected chi connectivity index (χ4v) is 3.77. The minimum atomic E-state index is -0.104. The van der Waals surface area contributed by atoms with E-state index < -0.39 is 0 Å². The van der Waals surface area contributed by atoms with Gasteiger partial charge in [-0.25, -0.2) is 5.43 Å². The van der Waals surface area contributed by atoms with Gasteiger partial charge in [0, 0.05) is 24.0 Å². The minimum absolute atomic E-state index is 0.104. The molecule has 3 aromatic rings. The Bertz CT molecular complexity index is 930. The van der Waals surface area contributed by atoms with E-state index in [1.807, 2.05) is 36.4 Å². The lowest BCUT2D eigenvalue weighted by Gasteiger charge is -2.10. The summed E-state index contributed by atoms with van der Waals surface area (Å²) in [5.41, 5.74) is 4.68. The van der Waals surface area contributed by atoms with Gasteiger partial charge < -0.3 is 4.57 Å². The molecular weight excluding hydrogens is 322 g/mol. The molecular formula is C22H23N3O. The third-order valence-corrected chi connectivity index (χ3v) is 5.12. The second-order valence-corrected chi connectivity index (χ2v) is 6.94. The fourth-order valence-electron chi connectivity index (χ4n) is 3.77. The Morgan fingerprint density at radius 3 is 2.81 bits per heavy atom. The molecule has 2 aromatic carbocycles. The van der Waals surface area contributed by atoms with Crippen LogP contribution in [0.4, 0.5) is 0 Å². The largest absolute Gasteiger partial charge is 0.351 e. The Hall–Kier alpha value is -2.88. The Morgan fingerprint density at radius 1 is 1.12 bits per heavy atom. The molecule has 0 spiro atoms. The summed E-state index contributed by atoms with van der Waals surface area (Å²) in [6.07, 6.45) is 11.4. The molecule has 0 bridgehead atoms. The predicted molar refractivity (Wildman–Crippen MR) is 105 cm³/mol. The molecule has 1 N–H and O–H groups in total. The molecule has 26 heavy (non-hydrogen) atoms. The molecule has 0 aliphatic heterocycles. The van der Waals surface area contributed by atoms with Gasteiger partial charge in [0.2, 0.25) is 5.91 Å². The van der Waals surface area contributed by atoms with Crippen LogP contribution in [0.15, 0.2) is 66.0 Å². The summed E-state index contributed by atoms with van der Waals surface area (Å²) in [5.74, 6) is -0.104. The fraction of sp³-hybridized carbons (Fsp3) is 0.273. The molecule has 132 valence electrons. The van der Waals surface area contributed by atoms with E-state index in [1.165, 1.54) is 25.7 Å². The van der Waals surface area contributed by atoms with Crippen molar-refractivity contribution in [2.45, 2.75) is 38.1 Å². The highest BCUT2D eigenvalue weighted by Crippen LogP contribution is 2.29. The summed E-state index contributed by atoms with van der Waals surface area (Å²) in [6.45, 7) is 0. The number of carbonyl (C=O) groups is 1. The Labute approximate surface area is 153 Å². The summed E-state index contributed by atoms with van der Waals surface area (Å²) in [7, 11) is 0. The molecule has 1 aromatic heterocycles. The lowest BCUT2D eigenvalue weighted by atomic mass is 10.0. The first-order valence-corrected chi connectivity index (χ1v) is 9.25. The number of nitrogens with zero attached hydrogens (tertiary/aromatic N) is 2. The first-order chi connectivity index (χ1) is 12.8. The van der Waals surface area contributed by atoms with Crippen LogP contribution < -0.4 is 5.43 Å². The third kappa shape index (κ3) is 3.69. The van der Waals surface area contributed by atoms with Gasteiger partial charge >= 0.3 is 0 Å². The highest BCUT2D eigenvalue weighted by Gasteiger charge is 2.15. The standard InChI is InChI=1S/C22H23N3O/c26-22(14-19-8-5-7-18-6-1-4-11-21(18)19)24-23-15-17-12-13-25(16-17)20-9-2-3-10-20/h1,4-8,11-13,15-16,20H,2-3,9-10,14H2,(H,24,26)/b23-15-. The van der Waals surface area contributed by atoms with E-state index in [0.717, 1.165) is 21.9 Å². The zero-order valence-corrected chi connectivity index (χ0v) is 14.8. The van der Waals surface area contributed by atoms with Crippen LogP contribution in [0.5, 0.6) is 0 Å². The second kappa shape index (κ2) is 7.56. The Morgan fingerprint density at radius 2 is 1.92 bits per heavy atom. The van der Waals surface area contributed by atoms with Crippen LogP contribution in [0.3, 0.4) is 0 Å². The summed E-state index contributed by atoms with van der Waals surface area (Å²) >= 11 is 0. The van der Waals surface area contributed by atoms with Crippen molar-refractivity contribution in [3.8, 4) is 0 Å². The molecule has 4 nitrogen and oxygen atoms in total. The van der Waals surface area contributed by atoms with Crippen LogP contribution in [0.25, 0.3) is 10.8 Å². The minimum Gasteiger partial charge on any atom is -0.351 e. The summed E-state index contributed by atoms with van der Waals surface area (Å²) in [5, 5.41) is 6.38. The first kappa shape index (κ1) is 16.6. The molecule has 1 saturated carbocycles. The quantitative estimate of drug-likeness (QED) is 0.539. The smallest absolute Gasteiger partial charge is 0.244 e. The molecule has 1 aliphatic rings. The number of carbonyl (C=O) groups excluding carboxylic acids is 1. The molecule has 4 rings (SSSR count). The van der Waals surface area contributed by atoms with E-state index in [1.54, 1.807) is 6.21 Å². The zero-order chi connectivity index (χ0) is 17.8. The third-order valence-electron chi connectivity index (χ3n) is 5.12. The molecule has 0 unspecified atom stereocenters. The maximum Gasteiger partial charge on any atom is 0.244 e. The highest BCUT2D eigenvalue weighted by atomic mass is 16.2. The van der Waals surface area contributed by atoms with Crippen molar-refractivity contribution in [2.75, 3.05) is 0 Å². The van der Waals surface area contributed by atoms with Crippen LogP contribution in [0, 0.1) is 0 Å². The first-order valence-electron chi connectivity index (χ1n) is 9.25. The van der Waals surface area contributed by atoms with E-state index in [4.69, 9.17) is 0 Å². The van der Waals surface area contributed by atoms with E-state index in [2.05, 4.69) is 39.6 Å². The van der Waals surface area contributed by atoms with Crippen molar-refractivity contribution in [3.63, 3.8) is 0 Å². The predicted octanol–water partition coefficient (Wildman–Crippen LogP) is 4.45. The molecule has 1 amide bonds. The molecule has 0 radical (unpaired) electrons. The number of fused-ring (bicyclic) bond motifs is 1. The van der Waals surface area contributed by atoms with E-state index >= 15 is 0 Å². The Kier molecular flexibility index (Phi) is 4.82. The van der Waals surface area contributed by atoms with Crippen molar-refractivity contribution in [3.05, 3.63) is 72.1 Å². The van der Waals surface area contributed by atoms with Crippen LogP contribution >= 0.6 is 0 Å². The molecule has 0 saturated heterocycles. The van der Waals surface area contributed by atoms with Gasteiger partial charge in [-0.15, -0.1) is 0 Å². The lowest BCUT2D eigenvalue weighted by molar-refractivity contribution is -0.120. The van der Waals surface area contributed by atoms with Crippen molar-refractivity contribution >= 4 is 22.9 Å². The maximum absolute atomic E-state index is 12.2. The molecule has 1 aliphatic carbocycles. The normalized spacial score (nSPS) is 15.1. The van der Waals surface area contributed by atoms with Crippen LogP contribution in [-0.2, 0) is 11.2 Å². The highest BCUT2D eigenvalue weighted by molar-refractivity contribution is 5.90. The van der Waals surface area contributed by atoms with Gasteiger partial charge in [0.15, 0.2) is 0 Å². The average Bonchev–Trinajstić information content (AvgIpc) is 3.34. The molecule has 4 heteroatoms. The van der Waals surface area contributed by atoms with Gasteiger partial charge in [-0.2, -0.15) is 5.10 Å². The summed E-state index contributed by atoms with van der Waals surface area (Å²) in [6, 6.07) is 16.8.